The molecule has 0 spiro atoms. The number of esters is 1. The number of carbonyl (C=O) groups is 1. The van der Waals surface area contributed by atoms with Crippen LogP contribution in [0.5, 0.6) is 5.75 Å². The molecule has 0 heterocycles. The van der Waals surface area contributed by atoms with Crippen LogP contribution in [-0.2, 0) is 31.6 Å². The summed E-state index contributed by atoms with van der Waals surface area (Å²) in [5, 5.41) is 0. The summed E-state index contributed by atoms with van der Waals surface area (Å²) in [6, 6.07) is 6.19. The Morgan fingerprint density at radius 1 is 1.07 bits per heavy atom. The monoisotopic (exact) mass is 412 g/mol. The van der Waals surface area contributed by atoms with Crippen molar-refractivity contribution in [3.8, 4) is 5.75 Å². The molecular weight excluding hydrogens is 375 g/mol. The average Bonchev–Trinajstić information content (AvgIpc) is 2.66. The maximum Gasteiger partial charge on any atom is 0.305 e. The van der Waals surface area contributed by atoms with Crippen molar-refractivity contribution in [3.05, 3.63) is 29.3 Å². The Labute approximate surface area is 172 Å². The van der Waals surface area contributed by atoms with Gasteiger partial charge in [0.05, 0.1) is 13.7 Å². The fraction of sp³-hybridized carbons (Fsp3) is 0.682. The van der Waals surface area contributed by atoms with Crippen molar-refractivity contribution in [2.24, 2.45) is 5.92 Å². The summed E-state index contributed by atoms with van der Waals surface area (Å²) >= 11 is 0. The molecule has 0 saturated heterocycles. The molecule has 28 heavy (non-hydrogen) atoms. The van der Waals surface area contributed by atoms with E-state index >= 15 is 0 Å². The maximum atomic E-state index is 11.4. The van der Waals surface area contributed by atoms with Gasteiger partial charge in [0.2, 0.25) is 8.38 Å². The normalized spacial score (nSPS) is 12.2. The minimum atomic E-state index is -0.955. The van der Waals surface area contributed by atoms with E-state index < -0.39 is 8.38 Å². The van der Waals surface area contributed by atoms with Crippen LogP contribution in [0.25, 0.3) is 0 Å². The average molecular weight is 413 g/mol. The van der Waals surface area contributed by atoms with Crippen LogP contribution in [0, 0.1) is 5.92 Å². The standard InChI is InChI=1S/C22H37O5P/c1-18(2)16-20-17-19(11-13-22(23)25-4)10-12-21(20)27-28(5)26-15-9-7-6-8-14-24-3/h10,12,17-18H,6-9,11,13-16H2,1-5H3. The van der Waals surface area contributed by atoms with Gasteiger partial charge in [-0.05, 0) is 48.8 Å². The highest BCUT2D eigenvalue weighted by Crippen LogP contribution is 2.38. The van der Waals surface area contributed by atoms with Gasteiger partial charge in [0.25, 0.3) is 0 Å². The molecule has 1 atom stereocenters. The van der Waals surface area contributed by atoms with E-state index in [1.54, 1.807) is 7.11 Å². The first kappa shape index (κ1) is 24.9. The van der Waals surface area contributed by atoms with Gasteiger partial charge in [0.15, 0.2) is 0 Å². The summed E-state index contributed by atoms with van der Waals surface area (Å²) in [6.45, 7) is 7.95. The maximum absolute atomic E-state index is 11.4. The van der Waals surface area contributed by atoms with Crippen LogP contribution >= 0.6 is 8.38 Å². The molecule has 1 aromatic rings. The van der Waals surface area contributed by atoms with E-state index in [0.717, 1.165) is 50.2 Å². The van der Waals surface area contributed by atoms with E-state index in [0.29, 0.717) is 18.8 Å². The molecule has 1 aromatic carbocycles. The van der Waals surface area contributed by atoms with Gasteiger partial charge in [-0.1, -0.05) is 38.8 Å². The Morgan fingerprint density at radius 2 is 1.79 bits per heavy atom. The fourth-order valence-electron chi connectivity index (χ4n) is 2.89. The quantitative estimate of drug-likeness (QED) is 0.215. The Balaban J connectivity index is 2.53. The second-order valence-corrected chi connectivity index (χ2v) is 8.71. The van der Waals surface area contributed by atoms with Gasteiger partial charge < -0.3 is 18.5 Å². The zero-order valence-electron chi connectivity index (χ0n) is 18.2. The highest BCUT2D eigenvalue weighted by atomic mass is 31.2. The van der Waals surface area contributed by atoms with Crippen molar-refractivity contribution in [1.29, 1.82) is 0 Å². The number of hydrogen-bond donors (Lipinski definition) is 0. The lowest BCUT2D eigenvalue weighted by Gasteiger charge is -2.18. The minimum absolute atomic E-state index is 0.182. The van der Waals surface area contributed by atoms with Crippen molar-refractivity contribution in [2.45, 2.75) is 58.8 Å². The molecular formula is C22H37O5P. The molecule has 1 unspecified atom stereocenters. The minimum Gasteiger partial charge on any atom is -0.469 e. The summed E-state index contributed by atoms with van der Waals surface area (Å²) < 4.78 is 21.8. The smallest absolute Gasteiger partial charge is 0.305 e. The Kier molecular flexibility index (Phi) is 13.1. The van der Waals surface area contributed by atoms with Crippen molar-refractivity contribution in [1.82, 2.24) is 0 Å². The molecule has 6 heteroatoms. The van der Waals surface area contributed by atoms with Crippen LogP contribution < -0.4 is 4.52 Å². The van der Waals surface area contributed by atoms with Gasteiger partial charge in [-0.15, -0.1) is 0 Å². The summed E-state index contributed by atoms with van der Waals surface area (Å²) in [5.74, 6) is 1.23. The van der Waals surface area contributed by atoms with Crippen LogP contribution in [0.4, 0.5) is 0 Å². The predicted octanol–water partition coefficient (Wildman–Crippen LogP) is 5.53. The number of methoxy groups -OCH3 is 2. The van der Waals surface area contributed by atoms with Gasteiger partial charge in [-0.2, -0.15) is 0 Å². The number of ether oxygens (including phenoxy) is 2. The molecule has 0 bridgehead atoms. The molecule has 0 saturated carbocycles. The zero-order chi connectivity index (χ0) is 20.8. The Morgan fingerprint density at radius 3 is 2.43 bits per heavy atom. The Bertz CT molecular complexity index is 562. The Hall–Kier alpha value is -1.16. The van der Waals surface area contributed by atoms with Crippen LogP contribution in [0.1, 0.15) is 57.1 Å². The van der Waals surface area contributed by atoms with Crippen LogP contribution in [0.2, 0.25) is 0 Å². The molecule has 0 aliphatic rings. The highest BCUT2D eigenvalue weighted by molar-refractivity contribution is 7.46. The second kappa shape index (κ2) is 14.8. The van der Waals surface area contributed by atoms with E-state index in [1.165, 1.54) is 19.1 Å². The van der Waals surface area contributed by atoms with Crippen LogP contribution in [0.3, 0.4) is 0 Å². The lowest BCUT2D eigenvalue weighted by Crippen LogP contribution is -2.04. The molecule has 0 amide bonds. The molecule has 1 rings (SSSR count). The number of carbonyl (C=O) groups excluding carboxylic acids is 1. The number of hydrogen-bond acceptors (Lipinski definition) is 5. The lowest BCUT2D eigenvalue weighted by molar-refractivity contribution is -0.140. The first-order valence-corrected chi connectivity index (χ1v) is 11.8. The van der Waals surface area contributed by atoms with E-state index in [4.69, 9.17) is 18.5 Å². The third kappa shape index (κ3) is 11.0. The molecule has 0 aromatic heterocycles. The first-order valence-electron chi connectivity index (χ1n) is 10.2. The summed E-state index contributed by atoms with van der Waals surface area (Å²) in [5.41, 5.74) is 2.31. The molecule has 0 N–H and O–H groups in total. The molecule has 160 valence electrons. The van der Waals surface area contributed by atoms with E-state index in [9.17, 15) is 4.79 Å². The van der Waals surface area contributed by atoms with Crippen molar-refractivity contribution in [3.63, 3.8) is 0 Å². The van der Waals surface area contributed by atoms with Gasteiger partial charge in [0.1, 0.15) is 5.75 Å². The number of rotatable bonds is 15. The van der Waals surface area contributed by atoms with E-state index in [2.05, 4.69) is 19.9 Å². The molecule has 0 radical (unpaired) electrons. The lowest BCUT2D eigenvalue weighted by atomic mass is 9.98. The van der Waals surface area contributed by atoms with E-state index in [1.807, 2.05) is 18.8 Å². The van der Waals surface area contributed by atoms with Gasteiger partial charge in [0, 0.05) is 26.8 Å². The number of unbranched alkanes of at least 4 members (excludes halogenated alkanes) is 3. The van der Waals surface area contributed by atoms with Crippen molar-refractivity contribution >= 4 is 14.3 Å². The summed E-state index contributed by atoms with van der Waals surface area (Å²) in [7, 11) is 2.21. The molecule has 0 fully saturated rings. The van der Waals surface area contributed by atoms with Crippen LogP contribution in [0.15, 0.2) is 18.2 Å². The summed E-state index contributed by atoms with van der Waals surface area (Å²) in [6.07, 6.45) is 6.49. The number of benzene rings is 1. The van der Waals surface area contributed by atoms with E-state index in [-0.39, 0.29) is 5.97 Å². The van der Waals surface area contributed by atoms with Crippen molar-refractivity contribution < 1.29 is 23.3 Å². The first-order chi connectivity index (χ1) is 13.5. The molecule has 0 aliphatic carbocycles. The third-order valence-corrected chi connectivity index (χ3v) is 5.34. The van der Waals surface area contributed by atoms with Gasteiger partial charge in [-0.3, -0.25) is 4.79 Å². The third-order valence-electron chi connectivity index (χ3n) is 4.34. The highest BCUT2D eigenvalue weighted by Gasteiger charge is 2.13. The van der Waals surface area contributed by atoms with Gasteiger partial charge in [-0.25, -0.2) is 0 Å². The largest absolute Gasteiger partial charge is 0.469 e. The van der Waals surface area contributed by atoms with Crippen molar-refractivity contribution in [2.75, 3.05) is 34.1 Å². The zero-order valence-corrected chi connectivity index (χ0v) is 19.1. The van der Waals surface area contributed by atoms with Gasteiger partial charge >= 0.3 is 5.97 Å². The SMILES string of the molecule is COCCCCCCOP(C)Oc1ccc(CCC(=O)OC)cc1CC(C)C. The summed E-state index contributed by atoms with van der Waals surface area (Å²) in [4.78, 5) is 11.4. The number of aryl methyl sites for hydroxylation is 1. The second-order valence-electron chi connectivity index (χ2n) is 7.39. The predicted molar refractivity (Wildman–Crippen MR) is 115 cm³/mol. The van der Waals surface area contributed by atoms with Crippen LogP contribution in [-0.4, -0.2) is 40.1 Å². The molecule has 5 nitrogen and oxygen atoms in total. The fourth-order valence-corrected chi connectivity index (χ4v) is 3.78. The molecule has 0 aliphatic heterocycles. The topological polar surface area (TPSA) is 54.0 Å².